The minimum Gasteiger partial charge on any atom is -0.377 e. The van der Waals surface area contributed by atoms with Crippen LogP contribution in [0.5, 0.6) is 0 Å². The van der Waals surface area contributed by atoms with Crippen LogP contribution in [0, 0.1) is 0 Å². The minimum atomic E-state index is -0.132. The maximum absolute atomic E-state index is 5.62. The van der Waals surface area contributed by atoms with Gasteiger partial charge in [-0.1, -0.05) is 18.2 Å². The molecule has 5 heteroatoms. The number of nitrogens with two attached hydrogens (primary N) is 1. The van der Waals surface area contributed by atoms with Gasteiger partial charge in [-0.25, -0.2) is 10.8 Å². The summed E-state index contributed by atoms with van der Waals surface area (Å²) in [6, 6.07) is 9.80. The van der Waals surface area contributed by atoms with E-state index in [1.165, 1.54) is 0 Å². The van der Waals surface area contributed by atoms with E-state index >= 15 is 0 Å². The van der Waals surface area contributed by atoms with Crippen LogP contribution in [-0.4, -0.2) is 36.7 Å². The van der Waals surface area contributed by atoms with Gasteiger partial charge in [-0.05, 0) is 31.9 Å². The molecule has 0 aromatic heterocycles. The number of likely N-dealkylation sites (tertiary alicyclic amines) is 1. The molecule has 1 unspecified atom stereocenters. The van der Waals surface area contributed by atoms with Gasteiger partial charge in [-0.2, -0.15) is 0 Å². The minimum absolute atomic E-state index is 0.132. The number of piperidine rings is 1. The highest BCUT2D eigenvalue weighted by Crippen LogP contribution is 2.24. The zero-order valence-corrected chi connectivity index (χ0v) is 11.6. The normalized spacial score (nSPS) is 24.4. The van der Waals surface area contributed by atoms with E-state index in [0.717, 1.165) is 31.6 Å². The lowest BCUT2D eigenvalue weighted by Gasteiger charge is -2.40. The molecule has 1 saturated heterocycles. The summed E-state index contributed by atoms with van der Waals surface area (Å²) in [5.74, 6) is 6.31. The highest BCUT2D eigenvalue weighted by atomic mass is 16.5. The second-order valence-electron chi connectivity index (χ2n) is 5.09. The van der Waals surface area contributed by atoms with Crippen molar-refractivity contribution >= 4 is 11.6 Å². The predicted octanol–water partition coefficient (Wildman–Crippen LogP) is 1.64. The highest BCUT2D eigenvalue weighted by molar-refractivity contribution is 5.82. The zero-order valence-electron chi connectivity index (χ0n) is 11.6. The molecule has 104 valence electrons. The maximum atomic E-state index is 5.62. The lowest BCUT2D eigenvalue weighted by Crippen LogP contribution is -2.54. The molecule has 1 fully saturated rings. The summed E-state index contributed by atoms with van der Waals surface area (Å²) in [6.07, 6.45) is 2.13. The Morgan fingerprint density at radius 3 is 2.79 bits per heavy atom. The van der Waals surface area contributed by atoms with Crippen LogP contribution in [-0.2, 0) is 4.74 Å². The monoisotopic (exact) mass is 262 g/mol. The van der Waals surface area contributed by atoms with Crippen molar-refractivity contribution in [2.24, 2.45) is 10.8 Å². The van der Waals surface area contributed by atoms with Crippen LogP contribution in [0.1, 0.15) is 19.8 Å². The summed E-state index contributed by atoms with van der Waals surface area (Å²) >= 11 is 0. The third-order valence-corrected chi connectivity index (χ3v) is 3.57. The van der Waals surface area contributed by atoms with Crippen molar-refractivity contribution in [1.82, 2.24) is 10.3 Å². The average molecular weight is 262 g/mol. The molecular weight excluding hydrogens is 240 g/mol. The molecule has 19 heavy (non-hydrogen) atoms. The number of nitrogens with one attached hydrogen (secondary N) is 1. The molecule has 1 heterocycles. The molecule has 2 rings (SSSR count). The Hall–Kier alpha value is -1.59. The molecule has 5 nitrogen and oxygen atoms in total. The number of methoxy groups -OCH3 is 1. The van der Waals surface area contributed by atoms with Crippen LogP contribution in [0.4, 0.5) is 5.69 Å². The molecular formula is C14H22N4O. The average Bonchev–Trinajstić information content (AvgIpc) is 2.46. The number of hydrazine groups is 1. The van der Waals surface area contributed by atoms with E-state index in [-0.39, 0.29) is 5.60 Å². The van der Waals surface area contributed by atoms with Gasteiger partial charge in [-0.15, -0.1) is 0 Å². The Kier molecular flexibility index (Phi) is 4.39. The molecule has 1 aliphatic rings. The van der Waals surface area contributed by atoms with Gasteiger partial charge in [-0.3, -0.25) is 5.43 Å². The number of nitrogens with zero attached hydrogens (tertiary/aromatic N) is 2. The number of benzene rings is 1. The van der Waals surface area contributed by atoms with E-state index in [1.54, 1.807) is 7.11 Å². The molecule has 0 radical (unpaired) electrons. The zero-order chi connectivity index (χ0) is 13.7. The van der Waals surface area contributed by atoms with E-state index in [2.05, 4.69) is 22.2 Å². The molecule has 1 aromatic rings. The van der Waals surface area contributed by atoms with Gasteiger partial charge in [0.25, 0.3) is 0 Å². The van der Waals surface area contributed by atoms with Crippen molar-refractivity contribution in [3.05, 3.63) is 30.3 Å². The molecule has 0 bridgehead atoms. The first-order valence-electron chi connectivity index (χ1n) is 6.57. The number of hydrogen-bond donors (Lipinski definition) is 2. The lowest BCUT2D eigenvalue weighted by atomic mass is 9.95. The summed E-state index contributed by atoms with van der Waals surface area (Å²) in [5.41, 5.74) is 3.46. The first-order chi connectivity index (χ1) is 9.17. The SMILES string of the molecule is COC1(C)CCCN(C(=Nc2ccccc2)NN)C1. The van der Waals surface area contributed by atoms with Gasteiger partial charge in [0.15, 0.2) is 0 Å². The van der Waals surface area contributed by atoms with Crippen LogP contribution in [0.25, 0.3) is 0 Å². The number of hydrogen-bond acceptors (Lipinski definition) is 3. The van der Waals surface area contributed by atoms with Crippen molar-refractivity contribution in [3.8, 4) is 0 Å². The van der Waals surface area contributed by atoms with Crippen molar-refractivity contribution in [2.45, 2.75) is 25.4 Å². The Balaban J connectivity index is 2.16. The standard InChI is InChI=1S/C14H22N4O/c1-14(19-2)9-6-10-18(11-14)13(17-15)16-12-7-4-3-5-8-12/h3-5,7-8H,6,9-11,15H2,1-2H3,(H,16,17). The Morgan fingerprint density at radius 2 is 2.16 bits per heavy atom. The van der Waals surface area contributed by atoms with Crippen LogP contribution < -0.4 is 11.3 Å². The molecule has 0 amide bonds. The summed E-state index contributed by atoms with van der Waals surface area (Å²) < 4.78 is 5.59. The topological polar surface area (TPSA) is 62.9 Å². The van der Waals surface area contributed by atoms with Gasteiger partial charge >= 0.3 is 0 Å². The predicted molar refractivity (Wildman–Crippen MR) is 77.1 cm³/mol. The fourth-order valence-electron chi connectivity index (χ4n) is 2.37. The summed E-state index contributed by atoms with van der Waals surface area (Å²) in [7, 11) is 1.76. The Bertz CT molecular complexity index is 434. The molecule has 0 saturated carbocycles. The first-order valence-corrected chi connectivity index (χ1v) is 6.57. The number of aliphatic imine (C=N–C) groups is 1. The van der Waals surface area contributed by atoms with Crippen LogP contribution in [0.15, 0.2) is 35.3 Å². The first kappa shape index (κ1) is 13.8. The van der Waals surface area contributed by atoms with E-state index < -0.39 is 0 Å². The van der Waals surface area contributed by atoms with Crippen LogP contribution in [0.3, 0.4) is 0 Å². The van der Waals surface area contributed by atoms with Crippen molar-refractivity contribution in [1.29, 1.82) is 0 Å². The van der Waals surface area contributed by atoms with Gasteiger partial charge < -0.3 is 9.64 Å². The summed E-state index contributed by atoms with van der Waals surface area (Å²) in [6.45, 7) is 3.85. The van der Waals surface area contributed by atoms with Crippen LogP contribution in [0.2, 0.25) is 0 Å². The molecule has 0 aliphatic carbocycles. The quantitative estimate of drug-likeness (QED) is 0.368. The van der Waals surface area contributed by atoms with E-state index in [9.17, 15) is 0 Å². The summed E-state index contributed by atoms with van der Waals surface area (Å²) in [4.78, 5) is 6.69. The molecule has 3 N–H and O–H groups in total. The van der Waals surface area contributed by atoms with E-state index in [4.69, 9.17) is 10.6 Å². The highest BCUT2D eigenvalue weighted by Gasteiger charge is 2.32. The fraction of sp³-hybridized carbons (Fsp3) is 0.500. The Morgan fingerprint density at radius 1 is 1.42 bits per heavy atom. The molecule has 0 spiro atoms. The molecule has 1 atom stereocenters. The molecule has 1 aromatic carbocycles. The second-order valence-corrected chi connectivity index (χ2v) is 5.09. The third kappa shape index (κ3) is 3.45. The van der Waals surface area contributed by atoms with Crippen molar-refractivity contribution < 1.29 is 4.74 Å². The largest absolute Gasteiger partial charge is 0.377 e. The van der Waals surface area contributed by atoms with Gasteiger partial charge in [0.2, 0.25) is 5.96 Å². The van der Waals surface area contributed by atoms with Gasteiger partial charge in [0.1, 0.15) is 0 Å². The van der Waals surface area contributed by atoms with Crippen LogP contribution >= 0.6 is 0 Å². The number of rotatable bonds is 2. The fourth-order valence-corrected chi connectivity index (χ4v) is 2.37. The van der Waals surface area contributed by atoms with E-state index in [0.29, 0.717) is 5.96 Å². The number of guanidine groups is 1. The smallest absolute Gasteiger partial charge is 0.213 e. The Labute approximate surface area is 114 Å². The summed E-state index contributed by atoms with van der Waals surface area (Å²) in [5, 5.41) is 0. The van der Waals surface area contributed by atoms with Gasteiger partial charge in [0, 0.05) is 20.2 Å². The van der Waals surface area contributed by atoms with Crippen molar-refractivity contribution in [2.75, 3.05) is 20.2 Å². The van der Waals surface area contributed by atoms with Gasteiger partial charge in [0.05, 0.1) is 11.3 Å². The maximum Gasteiger partial charge on any atom is 0.213 e. The number of para-hydroxylation sites is 1. The third-order valence-electron chi connectivity index (χ3n) is 3.57. The number of ether oxygens (including phenoxy) is 1. The molecule has 1 aliphatic heterocycles. The lowest BCUT2D eigenvalue weighted by molar-refractivity contribution is -0.0355. The van der Waals surface area contributed by atoms with E-state index in [1.807, 2.05) is 30.3 Å². The van der Waals surface area contributed by atoms with Crippen molar-refractivity contribution in [3.63, 3.8) is 0 Å². The second kappa shape index (κ2) is 6.04.